The lowest BCUT2D eigenvalue weighted by atomic mass is 10.1. The standard InChI is InChI=1S/C10H14FNO2/c1-12-9(6-13)7-3-4-10(14-2)8(11)5-7/h3-5,9,12-13H,6H2,1-2H3/t9-/m0/s1. The first-order valence-corrected chi connectivity index (χ1v) is 4.34. The van der Waals surface area contributed by atoms with Crippen LogP contribution in [0.1, 0.15) is 11.6 Å². The van der Waals surface area contributed by atoms with Crippen molar-refractivity contribution in [2.45, 2.75) is 6.04 Å². The van der Waals surface area contributed by atoms with Gasteiger partial charge in [0.05, 0.1) is 19.8 Å². The van der Waals surface area contributed by atoms with E-state index in [9.17, 15) is 4.39 Å². The summed E-state index contributed by atoms with van der Waals surface area (Å²) in [7, 11) is 3.13. The van der Waals surface area contributed by atoms with Crippen LogP contribution in [0.5, 0.6) is 5.75 Å². The highest BCUT2D eigenvalue weighted by Gasteiger charge is 2.10. The van der Waals surface area contributed by atoms with Gasteiger partial charge in [-0.1, -0.05) is 6.07 Å². The fraction of sp³-hybridized carbons (Fsp3) is 0.400. The van der Waals surface area contributed by atoms with E-state index < -0.39 is 5.82 Å². The summed E-state index contributed by atoms with van der Waals surface area (Å²) in [6.07, 6.45) is 0. The van der Waals surface area contributed by atoms with Crippen molar-refractivity contribution in [3.8, 4) is 5.75 Å². The molecule has 1 rings (SSSR count). The lowest BCUT2D eigenvalue weighted by Gasteiger charge is -2.14. The lowest BCUT2D eigenvalue weighted by molar-refractivity contribution is 0.250. The summed E-state index contributed by atoms with van der Waals surface area (Å²) in [5.41, 5.74) is 0.702. The maximum absolute atomic E-state index is 13.2. The Morgan fingerprint density at radius 1 is 1.57 bits per heavy atom. The molecule has 1 aromatic rings. The van der Waals surface area contributed by atoms with Gasteiger partial charge in [-0.15, -0.1) is 0 Å². The van der Waals surface area contributed by atoms with E-state index in [1.807, 2.05) is 0 Å². The second-order valence-electron chi connectivity index (χ2n) is 2.92. The Labute approximate surface area is 82.5 Å². The molecule has 0 aliphatic carbocycles. The maximum Gasteiger partial charge on any atom is 0.165 e. The number of aliphatic hydroxyl groups excluding tert-OH is 1. The minimum Gasteiger partial charge on any atom is -0.494 e. The Kier molecular flexibility index (Phi) is 3.85. The highest BCUT2D eigenvalue weighted by Crippen LogP contribution is 2.21. The van der Waals surface area contributed by atoms with Crippen molar-refractivity contribution in [2.24, 2.45) is 0 Å². The fourth-order valence-corrected chi connectivity index (χ4v) is 1.26. The van der Waals surface area contributed by atoms with Crippen molar-refractivity contribution in [2.75, 3.05) is 20.8 Å². The summed E-state index contributed by atoms with van der Waals surface area (Å²) in [6.45, 7) is -0.0672. The third-order valence-corrected chi connectivity index (χ3v) is 2.11. The Morgan fingerprint density at radius 2 is 2.29 bits per heavy atom. The van der Waals surface area contributed by atoms with E-state index in [2.05, 4.69) is 5.32 Å². The Bertz CT molecular complexity index is 300. The first kappa shape index (κ1) is 10.9. The van der Waals surface area contributed by atoms with E-state index in [4.69, 9.17) is 9.84 Å². The number of ether oxygens (including phenoxy) is 1. The van der Waals surface area contributed by atoms with Crippen LogP contribution in [0.4, 0.5) is 4.39 Å². The van der Waals surface area contributed by atoms with E-state index in [-0.39, 0.29) is 18.4 Å². The average molecular weight is 199 g/mol. The van der Waals surface area contributed by atoms with E-state index >= 15 is 0 Å². The van der Waals surface area contributed by atoms with Gasteiger partial charge in [-0.2, -0.15) is 0 Å². The SMILES string of the molecule is CN[C@@H](CO)c1ccc(OC)c(F)c1. The van der Waals surface area contributed by atoms with E-state index in [1.54, 1.807) is 19.2 Å². The summed E-state index contributed by atoms with van der Waals surface area (Å²) < 4.78 is 18.0. The third kappa shape index (κ3) is 2.21. The summed E-state index contributed by atoms with van der Waals surface area (Å²) in [6, 6.07) is 4.38. The molecule has 0 amide bonds. The van der Waals surface area contributed by atoms with Crippen molar-refractivity contribution in [3.05, 3.63) is 29.6 Å². The van der Waals surface area contributed by atoms with Gasteiger partial charge in [0.2, 0.25) is 0 Å². The molecule has 0 fully saturated rings. The Balaban J connectivity index is 2.95. The fourth-order valence-electron chi connectivity index (χ4n) is 1.26. The van der Waals surface area contributed by atoms with Crippen LogP contribution in [-0.2, 0) is 0 Å². The van der Waals surface area contributed by atoms with Crippen LogP contribution in [0.2, 0.25) is 0 Å². The number of benzene rings is 1. The topological polar surface area (TPSA) is 41.5 Å². The van der Waals surface area contributed by atoms with Crippen molar-refractivity contribution < 1.29 is 14.2 Å². The van der Waals surface area contributed by atoms with Crippen molar-refractivity contribution in [1.82, 2.24) is 5.32 Å². The third-order valence-electron chi connectivity index (χ3n) is 2.11. The normalized spacial score (nSPS) is 12.6. The van der Waals surface area contributed by atoms with Gasteiger partial charge in [0.1, 0.15) is 0 Å². The maximum atomic E-state index is 13.2. The zero-order valence-corrected chi connectivity index (χ0v) is 8.25. The number of hydrogen-bond donors (Lipinski definition) is 2. The molecule has 0 bridgehead atoms. The van der Waals surface area contributed by atoms with Crippen LogP contribution >= 0.6 is 0 Å². The molecule has 14 heavy (non-hydrogen) atoms. The van der Waals surface area contributed by atoms with Gasteiger partial charge in [-0.25, -0.2) is 4.39 Å². The van der Waals surface area contributed by atoms with E-state index in [1.165, 1.54) is 13.2 Å². The van der Waals surface area contributed by atoms with Crippen LogP contribution in [-0.4, -0.2) is 25.9 Å². The minimum atomic E-state index is -0.418. The monoisotopic (exact) mass is 199 g/mol. The predicted octanol–water partition coefficient (Wildman–Crippen LogP) is 1.09. The molecule has 78 valence electrons. The van der Waals surface area contributed by atoms with E-state index in [0.29, 0.717) is 5.56 Å². The quantitative estimate of drug-likeness (QED) is 0.762. The van der Waals surface area contributed by atoms with Gasteiger partial charge >= 0.3 is 0 Å². The summed E-state index contributed by atoms with van der Waals surface area (Å²) in [4.78, 5) is 0. The van der Waals surface area contributed by atoms with Crippen molar-refractivity contribution in [1.29, 1.82) is 0 Å². The molecule has 0 aromatic heterocycles. The van der Waals surface area contributed by atoms with Crippen LogP contribution in [0.3, 0.4) is 0 Å². The molecule has 1 aromatic carbocycles. The molecule has 0 radical (unpaired) electrons. The number of methoxy groups -OCH3 is 1. The molecule has 0 spiro atoms. The molecular weight excluding hydrogens is 185 g/mol. The molecule has 3 nitrogen and oxygen atoms in total. The number of rotatable bonds is 4. The predicted molar refractivity (Wildman–Crippen MR) is 51.8 cm³/mol. The summed E-state index contributed by atoms with van der Waals surface area (Å²) in [5, 5.41) is 11.9. The van der Waals surface area contributed by atoms with Gasteiger partial charge < -0.3 is 15.2 Å². The zero-order valence-electron chi connectivity index (χ0n) is 8.25. The summed E-state index contributed by atoms with van der Waals surface area (Å²) in [5.74, 6) is -0.208. The molecule has 4 heteroatoms. The van der Waals surface area contributed by atoms with Crippen molar-refractivity contribution in [3.63, 3.8) is 0 Å². The minimum absolute atomic E-state index is 0.0672. The smallest absolute Gasteiger partial charge is 0.165 e. The molecule has 0 aliphatic heterocycles. The molecule has 0 saturated carbocycles. The van der Waals surface area contributed by atoms with Crippen LogP contribution < -0.4 is 10.1 Å². The molecule has 0 saturated heterocycles. The Morgan fingerprint density at radius 3 is 2.71 bits per heavy atom. The molecule has 0 heterocycles. The first-order chi connectivity index (χ1) is 6.72. The highest BCUT2D eigenvalue weighted by molar-refractivity contribution is 5.31. The highest BCUT2D eigenvalue weighted by atomic mass is 19.1. The number of nitrogens with one attached hydrogen (secondary N) is 1. The van der Waals surface area contributed by atoms with Gasteiger partial charge in [0, 0.05) is 0 Å². The number of aliphatic hydroxyl groups is 1. The van der Waals surface area contributed by atoms with Gasteiger partial charge in [0.15, 0.2) is 11.6 Å². The average Bonchev–Trinajstić information content (AvgIpc) is 2.20. The van der Waals surface area contributed by atoms with Crippen LogP contribution in [0, 0.1) is 5.82 Å². The lowest BCUT2D eigenvalue weighted by Crippen LogP contribution is -2.19. The first-order valence-electron chi connectivity index (χ1n) is 4.34. The molecule has 2 N–H and O–H groups in total. The number of hydrogen-bond acceptors (Lipinski definition) is 3. The van der Waals surface area contributed by atoms with Crippen molar-refractivity contribution >= 4 is 0 Å². The molecular formula is C10H14FNO2. The molecule has 0 aliphatic rings. The zero-order chi connectivity index (χ0) is 10.6. The van der Waals surface area contributed by atoms with Crippen LogP contribution in [0.25, 0.3) is 0 Å². The number of likely N-dealkylation sites (N-methyl/N-ethyl adjacent to an activating group) is 1. The molecule has 0 unspecified atom stereocenters. The van der Waals surface area contributed by atoms with Gasteiger partial charge in [0.25, 0.3) is 0 Å². The van der Waals surface area contributed by atoms with Gasteiger partial charge in [-0.3, -0.25) is 0 Å². The van der Waals surface area contributed by atoms with Gasteiger partial charge in [-0.05, 0) is 24.7 Å². The Hall–Kier alpha value is -1.13. The largest absolute Gasteiger partial charge is 0.494 e. The molecule has 1 atom stereocenters. The van der Waals surface area contributed by atoms with E-state index in [0.717, 1.165) is 0 Å². The second-order valence-corrected chi connectivity index (χ2v) is 2.92. The second kappa shape index (κ2) is 4.93. The van der Waals surface area contributed by atoms with Crippen LogP contribution in [0.15, 0.2) is 18.2 Å². The number of halogens is 1. The summed E-state index contributed by atoms with van der Waals surface area (Å²) >= 11 is 0.